The lowest BCUT2D eigenvalue weighted by Gasteiger charge is -2.12. The molecule has 0 heterocycles. The highest BCUT2D eigenvalue weighted by atomic mass is 14.1. The van der Waals surface area contributed by atoms with E-state index in [2.05, 4.69) is 20.8 Å². The molecule has 0 heteroatoms. The minimum absolute atomic E-state index is 0. The fourth-order valence-corrected chi connectivity index (χ4v) is 1.54. The molecular weight excluding hydrogens is 156 g/mol. The van der Waals surface area contributed by atoms with Crippen molar-refractivity contribution in [3.8, 4) is 0 Å². The van der Waals surface area contributed by atoms with Crippen molar-refractivity contribution in [2.75, 3.05) is 0 Å². The molecule has 0 unspecified atom stereocenters. The summed E-state index contributed by atoms with van der Waals surface area (Å²) in [7, 11) is 0. The van der Waals surface area contributed by atoms with E-state index in [-0.39, 0.29) is 14.9 Å². The first kappa shape index (κ1) is 18.7. The highest BCUT2D eigenvalue weighted by Crippen LogP contribution is 2.18. The zero-order valence-corrected chi connectivity index (χ0v) is 8.53. The lowest BCUT2D eigenvalue weighted by molar-refractivity contribution is 0.408. The molecule has 0 aromatic heterocycles. The molecule has 0 saturated heterocycles. The maximum Gasteiger partial charge on any atom is -0.0417 e. The molecule has 0 aromatic rings. The third-order valence-electron chi connectivity index (χ3n) is 2.51. The Labute approximate surface area is 87.1 Å². The highest BCUT2D eigenvalue weighted by molar-refractivity contribution is 4.56. The summed E-state index contributed by atoms with van der Waals surface area (Å²) in [4.78, 5) is 0. The van der Waals surface area contributed by atoms with Crippen LogP contribution in [0.2, 0.25) is 0 Å². The van der Waals surface area contributed by atoms with E-state index in [1.807, 2.05) is 0 Å². The molecule has 0 fully saturated rings. The Bertz CT molecular complexity index is 58.4. The van der Waals surface area contributed by atoms with E-state index in [1.165, 1.54) is 44.9 Å². The van der Waals surface area contributed by atoms with Gasteiger partial charge in [0.25, 0.3) is 0 Å². The van der Waals surface area contributed by atoms with Crippen LogP contribution in [-0.2, 0) is 0 Å². The minimum atomic E-state index is 0. The molecule has 0 atom stereocenters. The Hall–Kier alpha value is 0. The Morgan fingerprint density at radius 1 is 0.769 bits per heavy atom. The van der Waals surface area contributed by atoms with Crippen LogP contribution in [0.15, 0.2) is 0 Å². The summed E-state index contributed by atoms with van der Waals surface area (Å²) in [5.41, 5.74) is 0. The third kappa shape index (κ3) is 12.0. The summed E-state index contributed by atoms with van der Waals surface area (Å²) in [6.45, 7) is 6.90. The SMILES string of the molecule is C.C.CCCCC(CC)CCCC. The Morgan fingerprint density at radius 2 is 1.15 bits per heavy atom. The number of unbranched alkanes of at least 4 members (excludes halogenated alkanes) is 2. The molecule has 0 bridgehead atoms. The molecule has 0 nitrogen and oxygen atoms in total. The molecule has 13 heavy (non-hydrogen) atoms. The molecule has 0 amide bonds. The van der Waals surface area contributed by atoms with Crippen LogP contribution >= 0.6 is 0 Å². The van der Waals surface area contributed by atoms with Crippen LogP contribution in [0, 0.1) is 5.92 Å². The van der Waals surface area contributed by atoms with Crippen molar-refractivity contribution in [2.24, 2.45) is 5.92 Å². The molecule has 0 aliphatic heterocycles. The normalized spacial score (nSPS) is 9.23. The van der Waals surface area contributed by atoms with Gasteiger partial charge in [0, 0.05) is 0 Å². The second-order valence-electron chi connectivity index (χ2n) is 3.56. The number of hydrogen-bond donors (Lipinski definition) is 0. The van der Waals surface area contributed by atoms with Gasteiger partial charge in [0.1, 0.15) is 0 Å². The van der Waals surface area contributed by atoms with E-state index in [0.717, 1.165) is 5.92 Å². The van der Waals surface area contributed by atoms with Crippen molar-refractivity contribution in [1.82, 2.24) is 0 Å². The van der Waals surface area contributed by atoms with Gasteiger partial charge in [-0.2, -0.15) is 0 Å². The fourth-order valence-electron chi connectivity index (χ4n) is 1.54. The van der Waals surface area contributed by atoms with Gasteiger partial charge in [-0.1, -0.05) is 80.6 Å². The summed E-state index contributed by atoms with van der Waals surface area (Å²) in [6.07, 6.45) is 9.91. The van der Waals surface area contributed by atoms with Crippen molar-refractivity contribution < 1.29 is 0 Å². The van der Waals surface area contributed by atoms with E-state index in [9.17, 15) is 0 Å². The summed E-state index contributed by atoms with van der Waals surface area (Å²) in [5, 5.41) is 0. The first-order chi connectivity index (χ1) is 5.35. The molecule has 0 spiro atoms. The van der Waals surface area contributed by atoms with Gasteiger partial charge in [-0.3, -0.25) is 0 Å². The molecule has 0 radical (unpaired) electrons. The van der Waals surface area contributed by atoms with Gasteiger partial charge >= 0.3 is 0 Å². The van der Waals surface area contributed by atoms with Crippen LogP contribution in [0.1, 0.15) is 80.6 Å². The highest BCUT2D eigenvalue weighted by Gasteiger charge is 2.03. The predicted molar refractivity (Wildman–Crippen MR) is 66.3 cm³/mol. The maximum atomic E-state index is 2.33. The summed E-state index contributed by atoms with van der Waals surface area (Å²) in [5.74, 6) is 1.02. The van der Waals surface area contributed by atoms with Gasteiger partial charge in [-0.05, 0) is 5.92 Å². The quantitative estimate of drug-likeness (QED) is 0.483. The lowest BCUT2D eigenvalue weighted by atomic mass is 9.94. The van der Waals surface area contributed by atoms with Gasteiger partial charge < -0.3 is 0 Å². The van der Waals surface area contributed by atoms with Gasteiger partial charge in [0.2, 0.25) is 0 Å². The van der Waals surface area contributed by atoms with E-state index in [1.54, 1.807) is 0 Å². The Kier molecular flexibility index (Phi) is 20.9. The molecule has 0 aliphatic rings. The van der Waals surface area contributed by atoms with E-state index >= 15 is 0 Å². The van der Waals surface area contributed by atoms with E-state index in [0.29, 0.717) is 0 Å². The Balaban J connectivity index is -0.000000500. The monoisotopic (exact) mass is 188 g/mol. The molecule has 0 saturated carbocycles. The van der Waals surface area contributed by atoms with Gasteiger partial charge in [0.15, 0.2) is 0 Å². The third-order valence-corrected chi connectivity index (χ3v) is 2.51. The average Bonchev–Trinajstić information content (AvgIpc) is 2.05. The average molecular weight is 188 g/mol. The van der Waals surface area contributed by atoms with Gasteiger partial charge in [-0.25, -0.2) is 0 Å². The Morgan fingerprint density at radius 3 is 1.38 bits per heavy atom. The number of rotatable bonds is 7. The minimum Gasteiger partial charge on any atom is -0.0776 e. The molecule has 84 valence electrons. The first-order valence-electron chi connectivity index (χ1n) is 5.35. The van der Waals surface area contributed by atoms with E-state index in [4.69, 9.17) is 0 Å². The molecule has 0 aliphatic carbocycles. The largest absolute Gasteiger partial charge is 0.0776 e. The summed E-state index contributed by atoms with van der Waals surface area (Å²) < 4.78 is 0. The van der Waals surface area contributed by atoms with Crippen molar-refractivity contribution in [3.05, 3.63) is 0 Å². The number of hydrogen-bond acceptors (Lipinski definition) is 0. The van der Waals surface area contributed by atoms with Crippen LogP contribution in [0.3, 0.4) is 0 Å². The van der Waals surface area contributed by atoms with E-state index < -0.39 is 0 Å². The van der Waals surface area contributed by atoms with Crippen LogP contribution in [-0.4, -0.2) is 0 Å². The smallest absolute Gasteiger partial charge is 0.0417 e. The van der Waals surface area contributed by atoms with Crippen molar-refractivity contribution in [1.29, 1.82) is 0 Å². The molecular formula is C13H32. The second-order valence-corrected chi connectivity index (χ2v) is 3.56. The van der Waals surface area contributed by atoms with Crippen LogP contribution in [0.25, 0.3) is 0 Å². The second kappa shape index (κ2) is 14.5. The van der Waals surface area contributed by atoms with Crippen molar-refractivity contribution >= 4 is 0 Å². The molecule has 0 aromatic carbocycles. The van der Waals surface area contributed by atoms with Crippen LogP contribution < -0.4 is 0 Å². The predicted octanol–water partition coefficient (Wildman–Crippen LogP) is 5.67. The summed E-state index contributed by atoms with van der Waals surface area (Å²) in [6, 6.07) is 0. The van der Waals surface area contributed by atoms with Crippen LogP contribution in [0.4, 0.5) is 0 Å². The standard InChI is InChI=1S/C11H24.2CH4/c1-4-7-9-11(6-3)10-8-5-2;;/h11H,4-10H2,1-3H3;2*1H4. The van der Waals surface area contributed by atoms with Gasteiger partial charge in [0.05, 0.1) is 0 Å². The lowest BCUT2D eigenvalue weighted by Crippen LogP contribution is -1.98. The molecule has 0 rings (SSSR count). The summed E-state index contributed by atoms with van der Waals surface area (Å²) >= 11 is 0. The molecule has 0 N–H and O–H groups in total. The fraction of sp³-hybridized carbons (Fsp3) is 1.00. The topological polar surface area (TPSA) is 0 Å². The zero-order valence-electron chi connectivity index (χ0n) is 8.53. The zero-order chi connectivity index (χ0) is 8.53. The van der Waals surface area contributed by atoms with Crippen molar-refractivity contribution in [3.63, 3.8) is 0 Å². The maximum absolute atomic E-state index is 2.33. The first-order valence-corrected chi connectivity index (χ1v) is 5.35. The van der Waals surface area contributed by atoms with Crippen LogP contribution in [0.5, 0.6) is 0 Å². The van der Waals surface area contributed by atoms with Crippen molar-refractivity contribution in [2.45, 2.75) is 80.6 Å². The van der Waals surface area contributed by atoms with Gasteiger partial charge in [-0.15, -0.1) is 0 Å².